The Labute approximate surface area is 176 Å². The van der Waals surface area contributed by atoms with Crippen molar-refractivity contribution in [3.8, 4) is 11.5 Å². The molecule has 0 N–H and O–H groups in total. The summed E-state index contributed by atoms with van der Waals surface area (Å²) in [6.07, 6.45) is 8.51. The lowest BCUT2D eigenvalue weighted by atomic mass is 9.81. The van der Waals surface area contributed by atoms with Gasteiger partial charge in [-0.15, -0.1) is 0 Å². The van der Waals surface area contributed by atoms with Crippen molar-refractivity contribution in [3.63, 3.8) is 0 Å². The van der Waals surface area contributed by atoms with Crippen LogP contribution in [0.2, 0.25) is 0 Å². The van der Waals surface area contributed by atoms with Gasteiger partial charge in [0.2, 0.25) is 0 Å². The van der Waals surface area contributed by atoms with Gasteiger partial charge in [0.05, 0.1) is 6.61 Å². The Morgan fingerprint density at radius 2 is 1.97 bits per heavy atom. The molecule has 1 saturated heterocycles. The number of hydrogen-bond donors (Lipinski definition) is 0. The molecule has 0 bridgehead atoms. The maximum absolute atomic E-state index is 6.34. The third kappa shape index (κ3) is 4.45. The molecule has 0 amide bonds. The van der Waals surface area contributed by atoms with Crippen molar-refractivity contribution in [2.24, 2.45) is 0 Å². The average molecular weight is 394 g/mol. The summed E-state index contributed by atoms with van der Waals surface area (Å²) in [7, 11) is 0. The molecule has 0 aromatic heterocycles. The van der Waals surface area contributed by atoms with Gasteiger partial charge in [0, 0.05) is 11.6 Å². The van der Waals surface area contributed by atoms with Crippen LogP contribution in [-0.2, 0) is 6.42 Å². The van der Waals surface area contributed by atoms with Gasteiger partial charge in [-0.25, -0.2) is 0 Å². The molecule has 4 rings (SSSR count). The highest BCUT2D eigenvalue weighted by molar-refractivity contribution is 5.42. The summed E-state index contributed by atoms with van der Waals surface area (Å²) in [5, 5.41) is 0. The zero-order chi connectivity index (χ0) is 20.1. The first-order chi connectivity index (χ1) is 14.2. The maximum atomic E-state index is 6.34. The first-order valence-electron chi connectivity index (χ1n) is 11.5. The summed E-state index contributed by atoms with van der Waals surface area (Å²) < 4.78 is 12.6. The van der Waals surface area contributed by atoms with Crippen LogP contribution in [0, 0.1) is 0 Å². The summed E-state index contributed by atoms with van der Waals surface area (Å²) in [6, 6.07) is 16.9. The standard InChI is InChI=1S/C26H35NO2/c1-3-26(16-8-9-18-27(26)4-2)17-19-28-23-14-12-22-13-15-24(29-25(22)20-23)21-10-6-5-7-11-21/h5-7,10-12,14,20,24H,3-4,8-9,13,15-19H2,1-2H3. The molecule has 0 spiro atoms. The quantitative estimate of drug-likeness (QED) is 0.561. The van der Waals surface area contributed by atoms with Crippen molar-refractivity contribution in [2.45, 2.75) is 70.4 Å². The predicted octanol–water partition coefficient (Wildman–Crippen LogP) is 6.18. The zero-order valence-corrected chi connectivity index (χ0v) is 18.0. The highest BCUT2D eigenvalue weighted by atomic mass is 16.5. The molecule has 0 saturated carbocycles. The SMILES string of the molecule is CCN1CCCCC1(CC)CCOc1ccc2c(c1)OC(c1ccccc1)CC2. The second-order valence-electron chi connectivity index (χ2n) is 8.54. The smallest absolute Gasteiger partial charge is 0.127 e. The second-order valence-corrected chi connectivity index (χ2v) is 8.54. The van der Waals surface area contributed by atoms with Gasteiger partial charge in [0.25, 0.3) is 0 Å². The van der Waals surface area contributed by atoms with Gasteiger partial charge >= 0.3 is 0 Å². The third-order valence-electron chi connectivity index (χ3n) is 7.02. The molecule has 0 radical (unpaired) electrons. The van der Waals surface area contributed by atoms with Crippen LogP contribution in [0.3, 0.4) is 0 Å². The van der Waals surface area contributed by atoms with Crippen molar-refractivity contribution in [2.75, 3.05) is 19.7 Å². The molecule has 156 valence electrons. The van der Waals surface area contributed by atoms with Crippen LogP contribution >= 0.6 is 0 Å². The summed E-state index contributed by atoms with van der Waals surface area (Å²) in [5.74, 6) is 1.92. The van der Waals surface area contributed by atoms with E-state index in [2.05, 4.69) is 67.3 Å². The molecular weight excluding hydrogens is 358 g/mol. The van der Waals surface area contributed by atoms with E-state index in [4.69, 9.17) is 9.47 Å². The highest BCUT2D eigenvalue weighted by Gasteiger charge is 2.36. The molecule has 2 heterocycles. The molecular formula is C26H35NO2. The van der Waals surface area contributed by atoms with Crippen LogP contribution < -0.4 is 9.47 Å². The number of ether oxygens (including phenoxy) is 2. The average Bonchev–Trinajstić information content (AvgIpc) is 2.79. The van der Waals surface area contributed by atoms with Gasteiger partial charge in [-0.3, -0.25) is 4.90 Å². The van der Waals surface area contributed by atoms with Crippen LogP contribution in [0.5, 0.6) is 11.5 Å². The Morgan fingerprint density at radius 3 is 2.76 bits per heavy atom. The molecule has 1 fully saturated rings. The zero-order valence-electron chi connectivity index (χ0n) is 18.0. The van der Waals surface area contributed by atoms with Crippen molar-refractivity contribution in [1.82, 2.24) is 4.90 Å². The van der Waals surface area contributed by atoms with Crippen molar-refractivity contribution >= 4 is 0 Å². The maximum Gasteiger partial charge on any atom is 0.127 e. The van der Waals surface area contributed by atoms with Gasteiger partial charge in [0.1, 0.15) is 17.6 Å². The van der Waals surface area contributed by atoms with Crippen molar-refractivity contribution in [3.05, 3.63) is 59.7 Å². The third-order valence-corrected chi connectivity index (χ3v) is 7.02. The van der Waals surface area contributed by atoms with E-state index in [0.717, 1.165) is 43.9 Å². The van der Waals surface area contributed by atoms with Crippen LogP contribution in [0.4, 0.5) is 0 Å². The Kier molecular flexibility index (Phi) is 6.44. The van der Waals surface area contributed by atoms with Crippen molar-refractivity contribution in [1.29, 1.82) is 0 Å². The Hall–Kier alpha value is -2.00. The Bertz CT molecular complexity index is 791. The Morgan fingerprint density at radius 1 is 1.10 bits per heavy atom. The molecule has 2 aromatic carbocycles. The molecule has 2 unspecified atom stereocenters. The lowest BCUT2D eigenvalue weighted by Gasteiger charge is -2.47. The van der Waals surface area contributed by atoms with Crippen LogP contribution in [0.15, 0.2) is 48.5 Å². The summed E-state index contributed by atoms with van der Waals surface area (Å²) in [4.78, 5) is 2.68. The van der Waals surface area contributed by atoms with E-state index in [1.165, 1.54) is 43.4 Å². The van der Waals surface area contributed by atoms with Gasteiger partial charge in [-0.2, -0.15) is 0 Å². The molecule has 2 aromatic rings. The molecule has 29 heavy (non-hydrogen) atoms. The van der Waals surface area contributed by atoms with Gasteiger partial charge in [0.15, 0.2) is 0 Å². The van der Waals surface area contributed by atoms with Crippen molar-refractivity contribution < 1.29 is 9.47 Å². The van der Waals surface area contributed by atoms with Gasteiger partial charge < -0.3 is 9.47 Å². The first-order valence-corrected chi connectivity index (χ1v) is 11.5. The van der Waals surface area contributed by atoms with E-state index in [1.54, 1.807) is 0 Å². The van der Waals surface area contributed by atoms with Gasteiger partial charge in [-0.05, 0) is 68.8 Å². The van der Waals surface area contributed by atoms with E-state index in [9.17, 15) is 0 Å². The number of hydrogen-bond acceptors (Lipinski definition) is 3. The van der Waals surface area contributed by atoms with Crippen LogP contribution in [0.1, 0.15) is 69.6 Å². The number of fused-ring (bicyclic) bond motifs is 1. The van der Waals surface area contributed by atoms with E-state index in [-0.39, 0.29) is 6.10 Å². The molecule has 2 aliphatic heterocycles. The predicted molar refractivity (Wildman–Crippen MR) is 119 cm³/mol. The molecule has 3 heteroatoms. The fourth-order valence-corrected chi connectivity index (χ4v) is 5.21. The van der Waals surface area contributed by atoms with Crippen LogP contribution in [-0.4, -0.2) is 30.1 Å². The second kappa shape index (κ2) is 9.21. The van der Waals surface area contributed by atoms with E-state index < -0.39 is 0 Å². The lowest BCUT2D eigenvalue weighted by molar-refractivity contribution is 0.0287. The minimum atomic E-state index is 0.141. The number of piperidine rings is 1. The van der Waals surface area contributed by atoms with Crippen LogP contribution in [0.25, 0.3) is 0 Å². The summed E-state index contributed by atoms with van der Waals surface area (Å²) >= 11 is 0. The fourth-order valence-electron chi connectivity index (χ4n) is 5.21. The number of rotatable bonds is 7. The fraction of sp³-hybridized carbons (Fsp3) is 0.538. The molecule has 2 aliphatic rings. The molecule has 3 nitrogen and oxygen atoms in total. The molecule has 2 atom stereocenters. The lowest BCUT2D eigenvalue weighted by Crippen LogP contribution is -2.52. The number of nitrogens with zero attached hydrogens (tertiary/aromatic N) is 1. The monoisotopic (exact) mass is 393 g/mol. The largest absolute Gasteiger partial charge is 0.493 e. The minimum Gasteiger partial charge on any atom is -0.493 e. The summed E-state index contributed by atoms with van der Waals surface area (Å²) in [6.45, 7) is 7.77. The normalized spacial score (nSPS) is 24.6. The Balaban J connectivity index is 1.39. The van der Waals surface area contributed by atoms with E-state index >= 15 is 0 Å². The topological polar surface area (TPSA) is 21.7 Å². The highest BCUT2D eigenvalue weighted by Crippen LogP contribution is 2.38. The van der Waals surface area contributed by atoms with Gasteiger partial charge in [-0.1, -0.05) is 56.7 Å². The number of aryl methyl sites for hydroxylation is 1. The van der Waals surface area contributed by atoms with E-state index in [1.807, 2.05) is 0 Å². The summed E-state index contributed by atoms with van der Waals surface area (Å²) in [5.41, 5.74) is 2.86. The number of benzene rings is 2. The molecule has 0 aliphatic carbocycles. The number of likely N-dealkylation sites (tertiary alicyclic amines) is 1. The minimum absolute atomic E-state index is 0.141. The first kappa shape index (κ1) is 20.3. The van der Waals surface area contributed by atoms with E-state index in [0.29, 0.717) is 5.54 Å².